The van der Waals surface area contributed by atoms with Crippen molar-refractivity contribution in [1.82, 2.24) is 4.72 Å². The van der Waals surface area contributed by atoms with Gasteiger partial charge in [-0.2, -0.15) is 8.42 Å². The van der Waals surface area contributed by atoms with Gasteiger partial charge in [-0.3, -0.25) is 9.71 Å². The summed E-state index contributed by atoms with van der Waals surface area (Å²) in [4.78, 5) is 3.84. The zero-order chi connectivity index (χ0) is 8.32. The van der Waals surface area contributed by atoms with Gasteiger partial charge in [-0.25, -0.2) is 5.14 Å². The molecule has 0 fully saturated rings. The van der Waals surface area contributed by atoms with Gasteiger partial charge in [0.1, 0.15) is 12.4 Å². The van der Waals surface area contributed by atoms with Crippen LogP contribution in [0.3, 0.4) is 0 Å². The highest BCUT2D eigenvalue weighted by atomic mass is 32.2. The van der Waals surface area contributed by atoms with E-state index in [1.54, 1.807) is 0 Å². The van der Waals surface area contributed by atoms with Crippen molar-refractivity contribution in [2.75, 3.05) is 19.8 Å². The number of hydrogen-bond acceptors (Lipinski definition) is 4. The summed E-state index contributed by atoms with van der Waals surface area (Å²) in [7, 11) is -3.68. The second kappa shape index (κ2) is 3.16. The van der Waals surface area contributed by atoms with Gasteiger partial charge in [0.2, 0.25) is 0 Å². The normalized spacial score (nSPS) is 19.2. The molecule has 0 spiro atoms. The minimum Gasteiger partial charge on any atom is -0.372 e. The maximum Gasteiger partial charge on any atom is 0.297 e. The molecular weight excluding hydrogens is 170 g/mol. The molecule has 0 unspecified atom stereocenters. The van der Waals surface area contributed by atoms with Crippen LogP contribution >= 0.6 is 0 Å². The van der Waals surface area contributed by atoms with Crippen molar-refractivity contribution in [3.05, 3.63) is 0 Å². The van der Waals surface area contributed by atoms with Crippen LogP contribution in [-0.4, -0.2) is 34.0 Å². The van der Waals surface area contributed by atoms with Crippen LogP contribution in [0.1, 0.15) is 0 Å². The maximum atomic E-state index is 10.4. The molecular formula is C4H9N3O3S. The lowest BCUT2D eigenvalue weighted by atomic mass is 10.5. The van der Waals surface area contributed by atoms with E-state index in [0.717, 1.165) is 0 Å². The highest BCUT2D eigenvalue weighted by Crippen LogP contribution is 1.88. The van der Waals surface area contributed by atoms with Gasteiger partial charge in [-0.15, -0.1) is 0 Å². The van der Waals surface area contributed by atoms with Crippen LogP contribution in [0, 0.1) is 0 Å². The van der Waals surface area contributed by atoms with E-state index in [-0.39, 0.29) is 12.4 Å². The van der Waals surface area contributed by atoms with Gasteiger partial charge in [0.15, 0.2) is 0 Å². The Kier molecular flexibility index (Phi) is 2.42. The van der Waals surface area contributed by atoms with Crippen molar-refractivity contribution in [2.24, 2.45) is 10.1 Å². The number of ether oxygens (including phenoxy) is 1. The molecule has 1 aliphatic rings. The van der Waals surface area contributed by atoms with E-state index < -0.39 is 10.2 Å². The van der Waals surface area contributed by atoms with Gasteiger partial charge in [0, 0.05) is 0 Å². The number of aliphatic imine (C=N–C) groups is 1. The fourth-order valence-electron chi connectivity index (χ4n) is 0.686. The molecule has 11 heavy (non-hydrogen) atoms. The number of nitrogens with zero attached hydrogens (tertiary/aromatic N) is 1. The molecule has 0 radical (unpaired) electrons. The van der Waals surface area contributed by atoms with Gasteiger partial charge in [0.25, 0.3) is 10.2 Å². The van der Waals surface area contributed by atoms with E-state index in [4.69, 9.17) is 9.88 Å². The molecule has 3 N–H and O–H groups in total. The molecule has 0 aromatic heterocycles. The minimum absolute atomic E-state index is 0.177. The van der Waals surface area contributed by atoms with Crippen LogP contribution in [0.5, 0.6) is 0 Å². The van der Waals surface area contributed by atoms with Crippen LogP contribution in [0.25, 0.3) is 0 Å². The summed E-state index contributed by atoms with van der Waals surface area (Å²) in [5.41, 5.74) is 0. The zero-order valence-corrected chi connectivity index (χ0v) is 6.60. The Morgan fingerprint density at radius 3 is 2.82 bits per heavy atom. The molecule has 0 aromatic rings. The Bertz CT molecular complexity index is 258. The van der Waals surface area contributed by atoms with E-state index in [0.29, 0.717) is 13.2 Å². The fourth-order valence-corrected chi connectivity index (χ4v) is 1.14. The van der Waals surface area contributed by atoms with Crippen LogP contribution in [-0.2, 0) is 14.9 Å². The van der Waals surface area contributed by atoms with E-state index >= 15 is 0 Å². The molecule has 0 saturated heterocycles. The molecule has 64 valence electrons. The molecule has 0 aliphatic carbocycles. The molecule has 0 aromatic carbocycles. The third kappa shape index (κ3) is 3.30. The lowest BCUT2D eigenvalue weighted by molar-refractivity contribution is 0.169. The quantitative estimate of drug-likeness (QED) is 0.497. The lowest BCUT2D eigenvalue weighted by Crippen LogP contribution is -2.40. The second-order valence-corrected chi connectivity index (χ2v) is 3.32. The zero-order valence-electron chi connectivity index (χ0n) is 5.78. The number of nitrogens with one attached hydrogen (secondary N) is 1. The fraction of sp³-hybridized carbons (Fsp3) is 0.750. The van der Waals surface area contributed by atoms with Crippen LogP contribution in [0.15, 0.2) is 4.99 Å². The summed E-state index contributed by atoms with van der Waals surface area (Å²) >= 11 is 0. The summed E-state index contributed by atoms with van der Waals surface area (Å²) < 4.78 is 27.8. The van der Waals surface area contributed by atoms with E-state index in [2.05, 4.69) is 4.99 Å². The van der Waals surface area contributed by atoms with Crippen molar-refractivity contribution in [2.45, 2.75) is 0 Å². The first kappa shape index (κ1) is 8.44. The first-order chi connectivity index (χ1) is 5.08. The molecule has 0 amide bonds. The Hall–Kier alpha value is -0.660. The third-order valence-corrected chi connectivity index (χ3v) is 1.56. The molecule has 6 nitrogen and oxygen atoms in total. The van der Waals surface area contributed by atoms with Gasteiger partial charge < -0.3 is 4.74 Å². The summed E-state index contributed by atoms with van der Waals surface area (Å²) in [6.45, 7) is 1.17. The highest BCUT2D eigenvalue weighted by molar-refractivity contribution is 7.87. The molecule has 7 heteroatoms. The molecule has 0 bridgehead atoms. The average Bonchev–Trinajstić information content (AvgIpc) is 1.85. The van der Waals surface area contributed by atoms with Crippen LogP contribution in [0.4, 0.5) is 0 Å². The molecule has 0 saturated carbocycles. The van der Waals surface area contributed by atoms with Crippen molar-refractivity contribution in [3.8, 4) is 0 Å². The lowest BCUT2D eigenvalue weighted by Gasteiger charge is -2.12. The Morgan fingerprint density at radius 2 is 2.36 bits per heavy atom. The van der Waals surface area contributed by atoms with Gasteiger partial charge in [0.05, 0.1) is 13.2 Å². The maximum absolute atomic E-state index is 10.4. The van der Waals surface area contributed by atoms with Crippen molar-refractivity contribution >= 4 is 16.0 Å². The van der Waals surface area contributed by atoms with E-state index in [9.17, 15) is 8.42 Å². The Balaban J connectivity index is 2.55. The largest absolute Gasteiger partial charge is 0.372 e. The van der Waals surface area contributed by atoms with E-state index in [1.807, 2.05) is 4.72 Å². The van der Waals surface area contributed by atoms with Crippen molar-refractivity contribution in [3.63, 3.8) is 0 Å². The first-order valence-electron chi connectivity index (χ1n) is 2.99. The Labute approximate surface area is 64.6 Å². The molecule has 1 rings (SSSR count). The van der Waals surface area contributed by atoms with Gasteiger partial charge in [-0.05, 0) is 0 Å². The molecule has 1 aliphatic heterocycles. The Morgan fingerprint density at radius 1 is 1.64 bits per heavy atom. The van der Waals surface area contributed by atoms with Crippen LogP contribution in [0.2, 0.25) is 0 Å². The molecule has 1 heterocycles. The summed E-state index contributed by atoms with van der Waals surface area (Å²) in [6, 6.07) is 0. The third-order valence-electron chi connectivity index (χ3n) is 1.04. The van der Waals surface area contributed by atoms with Gasteiger partial charge in [-0.1, -0.05) is 0 Å². The predicted octanol–water partition coefficient (Wildman–Crippen LogP) is -1.79. The number of amidine groups is 1. The minimum atomic E-state index is -3.68. The second-order valence-electron chi connectivity index (χ2n) is 2.03. The first-order valence-corrected chi connectivity index (χ1v) is 4.54. The summed E-state index contributed by atoms with van der Waals surface area (Å²) in [5, 5.41) is 4.69. The smallest absolute Gasteiger partial charge is 0.297 e. The standard InChI is InChI=1S/C4H9N3O3S/c5-11(8,9)7-4-3-10-2-1-6-4/h1-3H2,(H,6,7)(H2,5,8,9). The predicted molar refractivity (Wildman–Crippen MR) is 39.4 cm³/mol. The average molecular weight is 179 g/mol. The topological polar surface area (TPSA) is 93.8 Å². The summed E-state index contributed by atoms with van der Waals surface area (Å²) in [5.74, 6) is 0.263. The van der Waals surface area contributed by atoms with Gasteiger partial charge >= 0.3 is 0 Å². The monoisotopic (exact) mass is 179 g/mol. The van der Waals surface area contributed by atoms with Crippen LogP contribution < -0.4 is 9.86 Å². The van der Waals surface area contributed by atoms with E-state index in [1.165, 1.54) is 0 Å². The van der Waals surface area contributed by atoms with Crippen molar-refractivity contribution < 1.29 is 13.2 Å². The molecule has 0 atom stereocenters. The number of hydrogen-bond donors (Lipinski definition) is 2. The number of nitrogens with two attached hydrogens (primary N) is 1. The summed E-state index contributed by atoms with van der Waals surface area (Å²) in [6.07, 6.45) is 0. The SMILES string of the molecule is NS(=O)(=O)NC1=NCCOC1. The van der Waals surface area contributed by atoms with Crippen molar-refractivity contribution in [1.29, 1.82) is 0 Å². The number of rotatable bonds is 1. The highest BCUT2D eigenvalue weighted by Gasteiger charge is 2.09.